The molecule has 1 aromatic carbocycles. The van der Waals surface area contributed by atoms with Crippen molar-refractivity contribution in [3.05, 3.63) is 58.5 Å². The Morgan fingerprint density at radius 3 is 2.52 bits per heavy atom. The molecule has 1 aromatic heterocycles. The Balaban J connectivity index is 2.27. The van der Waals surface area contributed by atoms with Crippen molar-refractivity contribution in [3.8, 4) is 23.4 Å². The van der Waals surface area contributed by atoms with E-state index in [2.05, 4.69) is 21.7 Å². The summed E-state index contributed by atoms with van der Waals surface area (Å²) in [6.45, 7) is 3.79. The molecule has 110 valence electrons. The van der Waals surface area contributed by atoms with E-state index in [1.807, 2.05) is 12.1 Å². The molecule has 0 unspecified atom stereocenters. The minimum Gasteiger partial charge on any atom is -0.391 e. The largest absolute Gasteiger partial charge is 0.391 e. The van der Waals surface area contributed by atoms with Crippen molar-refractivity contribution in [1.29, 1.82) is 10.5 Å². The fraction of sp³-hybridized carbons (Fsp3) is 0.0625. The van der Waals surface area contributed by atoms with Gasteiger partial charge in [0.05, 0.1) is 0 Å². The Hall–Kier alpha value is -3.22. The van der Waals surface area contributed by atoms with E-state index >= 15 is 0 Å². The minimum atomic E-state index is -0.0541. The van der Waals surface area contributed by atoms with Crippen molar-refractivity contribution < 1.29 is 4.84 Å². The Kier molecular flexibility index (Phi) is 3.76. The van der Waals surface area contributed by atoms with Gasteiger partial charge in [-0.1, -0.05) is 35.5 Å². The molecule has 7 heteroatoms. The highest BCUT2D eigenvalue weighted by atomic mass is 35.5. The number of hydrogen-bond donors (Lipinski definition) is 0. The Bertz CT molecular complexity index is 937. The number of aromatic nitrogens is 2. The third-order valence-electron chi connectivity index (χ3n) is 3.17. The van der Waals surface area contributed by atoms with E-state index in [-0.39, 0.29) is 18.0 Å². The molecular formula is C16H8ClN5O. The maximum Gasteiger partial charge on any atom is 0.177 e. The predicted molar refractivity (Wildman–Crippen MR) is 83.7 cm³/mol. The van der Waals surface area contributed by atoms with Crippen LogP contribution in [0.2, 0.25) is 5.02 Å². The number of benzene rings is 1. The molecule has 0 radical (unpaired) electrons. The van der Waals surface area contributed by atoms with Gasteiger partial charge in [-0.05, 0) is 12.1 Å². The van der Waals surface area contributed by atoms with Crippen LogP contribution in [0.15, 0.2) is 36.0 Å². The van der Waals surface area contributed by atoms with Crippen molar-refractivity contribution in [1.82, 2.24) is 9.97 Å². The Morgan fingerprint density at radius 2 is 1.87 bits per heavy atom. The average molecular weight is 322 g/mol. The molecule has 3 rings (SSSR count). The van der Waals surface area contributed by atoms with E-state index in [1.54, 1.807) is 24.3 Å². The van der Waals surface area contributed by atoms with Gasteiger partial charge in [0, 0.05) is 16.1 Å². The van der Waals surface area contributed by atoms with Crippen molar-refractivity contribution >= 4 is 17.3 Å². The van der Waals surface area contributed by atoms with Crippen molar-refractivity contribution in [2.75, 3.05) is 6.61 Å². The van der Waals surface area contributed by atoms with Crippen LogP contribution in [-0.4, -0.2) is 22.3 Å². The van der Waals surface area contributed by atoms with E-state index in [9.17, 15) is 0 Å². The second kappa shape index (κ2) is 5.88. The third kappa shape index (κ3) is 2.42. The van der Waals surface area contributed by atoms with Crippen LogP contribution in [0.1, 0.15) is 22.6 Å². The standard InChI is InChI=1S/C16H8ClN5O/c1-2-5-23-22-15-10-4-3-9(17)6-11(10)14-16(15)21-13(8-19)12(7-18)20-14/h2-4,6H,1,5H2. The van der Waals surface area contributed by atoms with Gasteiger partial charge in [0.15, 0.2) is 11.4 Å². The SMILES string of the molecule is C=CCON=C1c2ccc(Cl)cc2-c2nc(C#N)c(C#N)nc21. The molecule has 0 saturated carbocycles. The summed E-state index contributed by atoms with van der Waals surface area (Å²) in [4.78, 5) is 13.6. The van der Waals surface area contributed by atoms with Gasteiger partial charge in [-0.25, -0.2) is 9.97 Å². The van der Waals surface area contributed by atoms with Crippen LogP contribution in [0.25, 0.3) is 11.3 Å². The van der Waals surface area contributed by atoms with Crippen LogP contribution in [0.5, 0.6) is 0 Å². The quantitative estimate of drug-likeness (QED) is 0.420. The summed E-state index contributed by atoms with van der Waals surface area (Å²) in [5.74, 6) is 0. The van der Waals surface area contributed by atoms with Crippen LogP contribution < -0.4 is 0 Å². The van der Waals surface area contributed by atoms with Crippen molar-refractivity contribution in [2.24, 2.45) is 5.16 Å². The molecule has 6 nitrogen and oxygen atoms in total. The summed E-state index contributed by atoms with van der Waals surface area (Å²) >= 11 is 6.05. The monoisotopic (exact) mass is 321 g/mol. The second-order valence-electron chi connectivity index (χ2n) is 4.56. The van der Waals surface area contributed by atoms with Crippen LogP contribution in [0, 0.1) is 22.7 Å². The van der Waals surface area contributed by atoms with Gasteiger partial charge in [0.25, 0.3) is 0 Å². The van der Waals surface area contributed by atoms with E-state index in [1.165, 1.54) is 0 Å². The summed E-state index contributed by atoms with van der Waals surface area (Å²) in [6.07, 6.45) is 1.56. The maximum atomic E-state index is 9.13. The number of nitrogens with zero attached hydrogens (tertiary/aromatic N) is 5. The highest BCUT2D eigenvalue weighted by Crippen LogP contribution is 2.36. The molecular weight excluding hydrogens is 314 g/mol. The predicted octanol–water partition coefficient (Wildman–Crippen LogP) is 2.81. The first kappa shape index (κ1) is 14.7. The van der Waals surface area contributed by atoms with Gasteiger partial charge >= 0.3 is 0 Å². The Labute approximate surface area is 136 Å². The van der Waals surface area contributed by atoms with Gasteiger partial charge < -0.3 is 4.84 Å². The summed E-state index contributed by atoms with van der Waals surface area (Å²) in [5.41, 5.74) is 2.63. The summed E-state index contributed by atoms with van der Waals surface area (Å²) in [6, 6.07) is 8.95. The molecule has 0 bridgehead atoms. The molecule has 0 spiro atoms. The zero-order valence-corrected chi connectivity index (χ0v) is 12.5. The molecule has 0 fully saturated rings. The molecule has 2 aromatic rings. The topological polar surface area (TPSA) is 95.0 Å². The van der Waals surface area contributed by atoms with Gasteiger partial charge in [-0.2, -0.15) is 10.5 Å². The fourth-order valence-electron chi connectivity index (χ4n) is 2.24. The lowest BCUT2D eigenvalue weighted by Gasteiger charge is -2.01. The van der Waals surface area contributed by atoms with Crippen LogP contribution in [-0.2, 0) is 4.84 Å². The number of nitriles is 2. The number of halogens is 1. The van der Waals surface area contributed by atoms with E-state index < -0.39 is 0 Å². The van der Waals surface area contributed by atoms with Gasteiger partial charge in [0.1, 0.15) is 35.8 Å². The zero-order valence-electron chi connectivity index (χ0n) is 11.7. The molecule has 1 aliphatic carbocycles. The molecule has 0 saturated heterocycles. The lowest BCUT2D eigenvalue weighted by molar-refractivity contribution is 0.175. The first-order chi connectivity index (χ1) is 11.2. The number of oxime groups is 1. The molecule has 0 atom stereocenters. The van der Waals surface area contributed by atoms with Crippen LogP contribution >= 0.6 is 11.6 Å². The first-order valence-corrected chi connectivity index (χ1v) is 6.91. The molecule has 0 N–H and O–H groups in total. The number of rotatable bonds is 3. The molecule has 0 amide bonds. The molecule has 23 heavy (non-hydrogen) atoms. The summed E-state index contributed by atoms with van der Waals surface area (Å²) in [5, 5.41) is 22.8. The lowest BCUT2D eigenvalue weighted by Crippen LogP contribution is -2.06. The fourth-order valence-corrected chi connectivity index (χ4v) is 2.41. The summed E-state index contributed by atoms with van der Waals surface area (Å²) < 4.78 is 0. The summed E-state index contributed by atoms with van der Waals surface area (Å²) in [7, 11) is 0. The molecule has 1 heterocycles. The smallest absolute Gasteiger partial charge is 0.177 e. The average Bonchev–Trinajstić information content (AvgIpc) is 2.86. The van der Waals surface area contributed by atoms with E-state index in [4.69, 9.17) is 27.0 Å². The second-order valence-corrected chi connectivity index (χ2v) is 4.99. The van der Waals surface area contributed by atoms with E-state index in [0.29, 0.717) is 27.7 Å². The van der Waals surface area contributed by atoms with E-state index in [0.717, 1.165) is 5.56 Å². The van der Waals surface area contributed by atoms with Gasteiger partial charge in [-0.15, -0.1) is 0 Å². The maximum absolute atomic E-state index is 9.13. The normalized spacial score (nSPS) is 12.9. The zero-order chi connectivity index (χ0) is 16.4. The number of fused-ring (bicyclic) bond motifs is 3. The third-order valence-corrected chi connectivity index (χ3v) is 3.41. The van der Waals surface area contributed by atoms with Gasteiger partial charge in [0.2, 0.25) is 0 Å². The van der Waals surface area contributed by atoms with Gasteiger partial charge in [-0.3, -0.25) is 0 Å². The highest BCUT2D eigenvalue weighted by molar-refractivity contribution is 6.32. The number of hydrogen-bond acceptors (Lipinski definition) is 6. The van der Waals surface area contributed by atoms with Crippen molar-refractivity contribution in [3.63, 3.8) is 0 Å². The molecule has 1 aliphatic rings. The highest BCUT2D eigenvalue weighted by Gasteiger charge is 2.30. The first-order valence-electron chi connectivity index (χ1n) is 6.53. The Morgan fingerprint density at radius 1 is 1.17 bits per heavy atom. The van der Waals surface area contributed by atoms with Crippen molar-refractivity contribution in [2.45, 2.75) is 0 Å². The van der Waals surface area contributed by atoms with Crippen LogP contribution in [0.3, 0.4) is 0 Å². The molecule has 0 aliphatic heterocycles. The minimum absolute atomic E-state index is 0.0366. The van der Waals surface area contributed by atoms with Crippen LogP contribution in [0.4, 0.5) is 0 Å². The lowest BCUT2D eigenvalue weighted by atomic mass is 10.1.